The predicted octanol–water partition coefficient (Wildman–Crippen LogP) is 1.46. The number of hydrogen-bond donors (Lipinski definition) is 2. The van der Waals surface area contributed by atoms with Crippen LogP contribution in [0.3, 0.4) is 0 Å². The lowest BCUT2D eigenvalue weighted by molar-refractivity contribution is -0.239. The van der Waals surface area contributed by atoms with Crippen LogP contribution in [0, 0.1) is 11.8 Å². The van der Waals surface area contributed by atoms with Crippen molar-refractivity contribution in [3.63, 3.8) is 0 Å². The Labute approximate surface area is 87.7 Å². The highest BCUT2D eigenvalue weighted by atomic mass is 17.1. The van der Waals surface area contributed by atoms with Gasteiger partial charge in [-0.15, -0.1) is 0 Å². The van der Waals surface area contributed by atoms with Crippen molar-refractivity contribution in [2.45, 2.75) is 33.1 Å². The van der Waals surface area contributed by atoms with Crippen molar-refractivity contribution in [1.82, 2.24) is 0 Å². The molecule has 88 valence electrons. The van der Waals surface area contributed by atoms with Crippen LogP contribution in [0.15, 0.2) is 0 Å². The van der Waals surface area contributed by atoms with E-state index in [4.69, 9.17) is 10.5 Å². The van der Waals surface area contributed by atoms with Crippen molar-refractivity contribution in [1.29, 1.82) is 0 Å². The molecule has 2 atom stereocenters. The first-order valence-corrected chi connectivity index (χ1v) is 4.73. The molecule has 0 bridgehead atoms. The number of hydrogen-bond acceptors (Lipinski definition) is 6. The van der Waals surface area contributed by atoms with E-state index in [-0.39, 0.29) is 0 Å². The van der Waals surface area contributed by atoms with E-state index in [1.165, 1.54) is 0 Å². The second kappa shape index (κ2) is 7.19. The van der Waals surface area contributed by atoms with Crippen molar-refractivity contribution < 1.29 is 29.9 Å². The van der Waals surface area contributed by atoms with E-state index in [9.17, 15) is 9.59 Å². The van der Waals surface area contributed by atoms with Crippen LogP contribution in [-0.2, 0) is 19.4 Å². The predicted molar refractivity (Wildman–Crippen MR) is 49.6 cm³/mol. The second-order valence-corrected chi connectivity index (χ2v) is 3.55. The smallest absolute Gasteiger partial charge is 0.301 e. The van der Waals surface area contributed by atoms with E-state index in [1.807, 2.05) is 0 Å². The fraction of sp³-hybridized carbons (Fsp3) is 0.778. The van der Waals surface area contributed by atoms with E-state index in [2.05, 4.69) is 9.78 Å². The van der Waals surface area contributed by atoms with E-state index in [0.717, 1.165) is 0 Å². The molecular formula is C9H16O6. The Balaban J connectivity index is 3.70. The average Bonchev–Trinajstić information content (AvgIpc) is 2.26. The lowest BCUT2D eigenvalue weighted by Gasteiger charge is -2.09. The summed E-state index contributed by atoms with van der Waals surface area (Å²) in [6.07, 6.45) is 1.61. The van der Waals surface area contributed by atoms with Crippen LogP contribution in [0.2, 0.25) is 0 Å². The number of rotatable bonds is 6. The normalized spacial score (nSPS) is 14.1. The van der Waals surface area contributed by atoms with Gasteiger partial charge in [-0.3, -0.25) is 0 Å². The Bertz CT molecular complexity index is 193. The third kappa shape index (κ3) is 5.34. The molecule has 2 unspecified atom stereocenters. The maximum atomic E-state index is 10.8. The van der Waals surface area contributed by atoms with Gasteiger partial charge in [-0.2, -0.15) is 10.5 Å². The molecule has 0 rings (SSSR count). The first-order chi connectivity index (χ1) is 7.02. The van der Waals surface area contributed by atoms with Crippen LogP contribution < -0.4 is 0 Å². The van der Waals surface area contributed by atoms with Gasteiger partial charge >= 0.3 is 11.9 Å². The molecular weight excluding hydrogens is 204 g/mol. The van der Waals surface area contributed by atoms with Gasteiger partial charge in [0.2, 0.25) is 0 Å². The topological polar surface area (TPSA) is 93.1 Å². The van der Waals surface area contributed by atoms with Gasteiger partial charge in [-0.1, -0.05) is 20.3 Å². The maximum absolute atomic E-state index is 10.8. The highest BCUT2D eigenvalue weighted by molar-refractivity contribution is 5.71. The third-order valence-corrected chi connectivity index (χ3v) is 2.26. The van der Waals surface area contributed by atoms with Gasteiger partial charge in [0.25, 0.3) is 0 Å². The summed E-state index contributed by atoms with van der Waals surface area (Å²) in [6.45, 7) is 3.24. The fourth-order valence-corrected chi connectivity index (χ4v) is 1.15. The lowest BCUT2D eigenvalue weighted by Crippen LogP contribution is -2.15. The fourth-order valence-electron chi connectivity index (χ4n) is 1.15. The van der Waals surface area contributed by atoms with Crippen molar-refractivity contribution >= 4 is 11.9 Å². The van der Waals surface area contributed by atoms with E-state index >= 15 is 0 Å². The Kier molecular flexibility index (Phi) is 6.64. The van der Waals surface area contributed by atoms with E-state index in [0.29, 0.717) is 19.3 Å². The quantitative estimate of drug-likeness (QED) is 0.520. The summed E-state index contributed by atoms with van der Waals surface area (Å²) in [5.74, 6) is -2.19. The number of carbonyl (C=O) groups is 2. The summed E-state index contributed by atoms with van der Waals surface area (Å²) in [5, 5.41) is 16.2. The van der Waals surface area contributed by atoms with Gasteiger partial charge in [0, 0.05) is 0 Å². The molecule has 0 amide bonds. The van der Waals surface area contributed by atoms with E-state index < -0.39 is 23.8 Å². The van der Waals surface area contributed by atoms with Crippen LogP contribution in [0.4, 0.5) is 0 Å². The summed E-state index contributed by atoms with van der Waals surface area (Å²) in [4.78, 5) is 28.7. The third-order valence-electron chi connectivity index (χ3n) is 2.26. The average molecular weight is 220 g/mol. The van der Waals surface area contributed by atoms with Gasteiger partial charge in [0.15, 0.2) is 0 Å². The standard InChI is InChI=1S/C9H16O6/c1-6(8(10)14-12)4-3-5-7(2)9(11)15-13/h6-7,12-13H,3-5H2,1-2H3. The Hall–Kier alpha value is -1.14. The van der Waals surface area contributed by atoms with Crippen LogP contribution in [0.25, 0.3) is 0 Å². The van der Waals surface area contributed by atoms with E-state index in [1.54, 1.807) is 13.8 Å². The summed E-state index contributed by atoms with van der Waals surface area (Å²) >= 11 is 0. The molecule has 0 aromatic carbocycles. The van der Waals surface area contributed by atoms with Crippen molar-refractivity contribution in [2.24, 2.45) is 11.8 Å². The van der Waals surface area contributed by atoms with Crippen LogP contribution in [-0.4, -0.2) is 22.5 Å². The molecule has 2 N–H and O–H groups in total. The zero-order valence-electron chi connectivity index (χ0n) is 8.80. The zero-order chi connectivity index (χ0) is 11.8. The molecule has 15 heavy (non-hydrogen) atoms. The maximum Gasteiger partial charge on any atom is 0.344 e. The molecule has 0 heterocycles. The largest absolute Gasteiger partial charge is 0.344 e. The molecule has 6 nitrogen and oxygen atoms in total. The minimum Gasteiger partial charge on any atom is -0.301 e. The molecule has 0 spiro atoms. The Morgan fingerprint density at radius 2 is 1.33 bits per heavy atom. The Morgan fingerprint density at radius 3 is 1.60 bits per heavy atom. The molecule has 0 aliphatic rings. The number of carbonyl (C=O) groups excluding carboxylic acids is 2. The molecule has 0 aromatic heterocycles. The van der Waals surface area contributed by atoms with Crippen molar-refractivity contribution in [3.05, 3.63) is 0 Å². The molecule has 0 radical (unpaired) electrons. The lowest BCUT2D eigenvalue weighted by atomic mass is 9.99. The minimum absolute atomic E-state index is 0.410. The first-order valence-electron chi connectivity index (χ1n) is 4.73. The van der Waals surface area contributed by atoms with Crippen molar-refractivity contribution in [2.75, 3.05) is 0 Å². The molecule has 0 saturated carbocycles. The molecule has 6 heteroatoms. The van der Waals surface area contributed by atoms with Gasteiger partial charge < -0.3 is 9.78 Å². The SMILES string of the molecule is CC(CCCC(C)C(=O)OO)C(=O)OO. The highest BCUT2D eigenvalue weighted by Gasteiger charge is 2.17. The summed E-state index contributed by atoms with van der Waals surface area (Å²) in [5.41, 5.74) is 0. The van der Waals surface area contributed by atoms with Crippen molar-refractivity contribution in [3.8, 4) is 0 Å². The second-order valence-electron chi connectivity index (χ2n) is 3.55. The summed E-state index contributed by atoms with van der Waals surface area (Å²) in [6, 6.07) is 0. The summed E-state index contributed by atoms with van der Waals surface area (Å²) in [7, 11) is 0. The Morgan fingerprint density at radius 1 is 1.00 bits per heavy atom. The highest BCUT2D eigenvalue weighted by Crippen LogP contribution is 2.14. The van der Waals surface area contributed by atoms with Crippen LogP contribution >= 0.6 is 0 Å². The monoisotopic (exact) mass is 220 g/mol. The molecule has 0 aromatic rings. The minimum atomic E-state index is -0.688. The molecule has 0 aliphatic heterocycles. The zero-order valence-corrected chi connectivity index (χ0v) is 8.80. The van der Waals surface area contributed by atoms with Crippen LogP contribution in [0.1, 0.15) is 33.1 Å². The molecule has 0 saturated heterocycles. The molecule has 0 fully saturated rings. The van der Waals surface area contributed by atoms with Gasteiger partial charge in [-0.05, 0) is 12.8 Å². The summed E-state index contributed by atoms with van der Waals surface area (Å²) < 4.78 is 0. The first kappa shape index (κ1) is 13.9. The van der Waals surface area contributed by atoms with Gasteiger partial charge in [0.1, 0.15) is 0 Å². The van der Waals surface area contributed by atoms with Gasteiger partial charge in [-0.25, -0.2) is 9.59 Å². The van der Waals surface area contributed by atoms with Gasteiger partial charge in [0.05, 0.1) is 11.8 Å². The molecule has 0 aliphatic carbocycles. The van der Waals surface area contributed by atoms with Crippen LogP contribution in [0.5, 0.6) is 0 Å².